The molecular weight excluding hydrogens is 244 g/mol. The lowest BCUT2D eigenvalue weighted by molar-refractivity contribution is 0.105. The maximum absolute atomic E-state index is 5.60. The molecule has 0 radical (unpaired) electrons. The van der Waals surface area contributed by atoms with E-state index in [1.807, 2.05) is 0 Å². The second-order valence-electron chi connectivity index (χ2n) is 6.11. The maximum atomic E-state index is 5.60. The van der Waals surface area contributed by atoms with Gasteiger partial charge in [-0.05, 0) is 62.6 Å². The highest BCUT2D eigenvalue weighted by molar-refractivity contribution is 7.80. The molecule has 2 saturated carbocycles. The lowest BCUT2D eigenvalue weighted by atomic mass is 9.96. The largest absolute Gasteiger partial charge is 0.378 e. The van der Waals surface area contributed by atoms with E-state index in [1.165, 1.54) is 38.5 Å². The molecule has 2 bridgehead atoms. The van der Waals surface area contributed by atoms with Crippen molar-refractivity contribution in [3.63, 3.8) is 0 Å². The predicted octanol–water partition coefficient (Wildman–Crippen LogP) is 2.21. The fourth-order valence-corrected chi connectivity index (χ4v) is 4.11. The maximum Gasteiger partial charge on any atom is 0.166 e. The van der Waals surface area contributed by atoms with Gasteiger partial charge in [-0.2, -0.15) is 0 Å². The Hall–Kier alpha value is -0.350. The van der Waals surface area contributed by atoms with Crippen LogP contribution in [0.5, 0.6) is 0 Å². The molecule has 0 spiro atoms. The Bertz CT molecular complexity index is 304. The zero-order chi connectivity index (χ0) is 12.4. The van der Waals surface area contributed by atoms with Gasteiger partial charge in [0.2, 0.25) is 0 Å². The van der Waals surface area contributed by atoms with Crippen LogP contribution in [0.4, 0.5) is 0 Å². The third-order valence-electron chi connectivity index (χ3n) is 4.83. The molecule has 2 aliphatic carbocycles. The molecule has 18 heavy (non-hydrogen) atoms. The van der Waals surface area contributed by atoms with Gasteiger partial charge in [0.1, 0.15) is 0 Å². The molecular formula is C14H24N2OS. The summed E-state index contributed by atoms with van der Waals surface area (Å²) in [4.78, 5) is 0. The van der Waals surface area contributed by atoms with Gasteiger partial charge >= 0.3 is 0 Å². The van der Waals surface area contributed by atoms with Crippen molar-refractivity contribution in [2.24, 2.45) is 11.8 Å². The van der Waals surface area contributed by atoms with Gasteiger partial charge in [-0.15, -0.1) is 0 Å². The van der Waals surface area contributed by atoms with Crippen LogP contribution in [-0.4, -0.2) is 30.4 Å². The first-order valence-corrected chi connectivity index (χ1v) is 7.88. The smallest absolute Gasteiger partial charge is 0.166 e. The molecule has 0 aromatic heterocycles. The third kappa shape index (κ3) is 2.97. The van der Waals surface area contributed by atoms with Crippen LogP contribution in [0, 0.1) is 11.8 Å². The monoisotopic (exact) mass is 268 g/mol. The highest BCUT2D eigenvalue weighted by Gasteiger charge is 2.39. The number of ether oxygens (including phenoxy) is 1. The van der Waals surface area contributed by atoms with E-state index in [9.17, 15) is 0 Å². The van der Waals surface area contributed by atoms with E-state index in [4.69, 9.17) is 17.0 Å². The zero-order valence-electron chi connectivity index (χ0n) is 11.0. The highest BCUT2D eigenvalue weighted by Crippen LogP contribution is 2.44. The first-order valence-electron chi connectivity index (χ1n) is 7.47. The summed E-state index contributed by atoms with van der Waals surface area (Å²) in [5.41, 5.74) is 0. The number of nitrogens with one attached hydrogen (secondary N) is 2. The van der Waals surface area contributed by atoms with Gasteiger partial charge in [-0.1, -0.05) is 6.42 Å². The van der Waals surface area contributed by atoms with Crippen LogP contribution in [0.3, 0.4) is 0 Å². The average molecular weight is 268 g/mol. The lowest BCUT2D eigenvalue weighted by Crippen LogP contribution is -2.44. The van der Waals surface area contributed by atoms with Crippen LogP contribution in [0.15, 0.2) is 0 Å². The van der Waals surface area contributed by atoms with Crippen molar-refractivity contribution in [1.82, 2.24) is 10.6 Å². The van der Waals surface area contributed by atoms with Crippen LogP contribution >= 0.6 is 12.2 Å². The first kappa shape index (κ1) is 12.7. The van der Waals surface area contributed by atoms with E-state index in [0.717, 1.165) is 36.5 Å². The summed E-state index contributed by atoms with van der Waals surface area (Å²) < 4.78 is 5.60. The van der Waals surface area contributed by atoms with E-state index in [-0.39, 0.29) is 0 Å². The molecule has 3 nitrogen and oxygen atoms in total. The molecule has 1 heterocycles. The van der Waals surface area contributed by atoms with Gasteiger partial charge < -0.3 is 15.4 Å². The number of fused-ring (bicyclic) bond motifs is 2. The molecule has 2 N–H and O–H groups in total. The minimum absolute atomic E-state index is 0.461. The van der Waals surface area contributed by atoms with Crippen LogP contribution in [0.1, 0.15) is 44.9 Å². The van der Waals surface area contributed by atoms with E-state index in [2.05, 4.69) is 10.6 Å². The first-order chi connectivity index (χ1) is 8.81. The van der Waals surface area contributed by atoms with Gasteiger partial charge in [-0.3, -0.25) is 0 Å². The summed E-state index contributed by atoms with van der Waals surface area (Å²) >= 11 is 5.38. The van der Waals surface area contributed by atoms with Crippen LogP contribution in [0.2, 0.25) is 0 Å². The van der Waals surface area contributed by atoms with Crippen LogP contribution < -0.4 is 10.6 Å². The van der Waals surface area contributed by atoms with Crippen molar-refractivity contribution in [1.29, 1.82) is 0 Å². The van der Waals surface area contributed by atoms with Crippen molar-refractivity contribution in [3.05, 3.63) is 0 Å². The molecule has 4 atom stereocenters. The Balaban J connectivity index is 1.32. The Labute approximate surface area is 115 Å². The van der Waals surface area contributed by atoms with Crippen molar-refractivity contribution in [2.45, 2.75) is 57.1 Å². The van der Waals surface area contributed by atoms with Crippen LogP contribution in [0.25, 0.3) is 0 Å². The molecule has 3 aliphatic rings. The number of rotatable bonds is 4. The standard InChI is InChI=1S/C14H24N2OS/c18-14(15-6-5-12-2-1-7-17-12)16-13-9-10-3-4-11(13)8-10/h10-13H,1-9H2,(H2,15,16,18). The molecule has 1 saturated heterocycles. The van der Waals surface area contributed by atoms with E-state index >= 15 is 0 Å². The summed E-state index contributed by atoms with van der Waals surface area (Å²) in [6, 6.07) is 0.645. The zero-order valence-corrected chi connectivity index (χ0v) is 11.8. The molecule has 0 aromatic carbocycles. The fraction of sp³-hybridized carbons (Fsp3) is 0.929. The minimum Gasteiger partial charge on any atom is -0.378 e. The lowest BCUT2D eigenvalue weighted by Gasteiger charge is -2.24. The van der Waals surface area contributed by atoms with Crippen molar-refractivity contribution < 1.29 is 4.74 Å². The number of thiocarbonyl (C=S) groups is 1. The molecule has 1 aliphatic heterocycles. The molecule has 102 valence electrons. The van der Waals surface area contributed by atoms with E-state index < -0.39 is 0 Å². The number of hydrogen-bond acceptors (Lipinski definition) is 2. The van der Waals surface area contributed by atoms with Crippen molar-refractivity contribution in [2.75, 3.05) is 13.2 Å². The summed E-state index contributed by atoms with van der Waals surface area (Å²) in [5, 5.41) is 7.70. The van der Waals surface area contributed by atoms with Gasteiger partial charge in [0.25, 0.3) is 0 Å². The summed E-state index contributed by atoms with van der Waals surface area (Å²) in [6.07, 6.45) is 9.59. The van der Waals surface area contributed by atoms with Gasteiger partial charge in [0.15, 0.2) is 5.11 Å². The van der Waals surface area contributed by atoms with Crippen LogP contribution in [-0.2, 0) is 4.74 Å². The SMILES string of the molecule is S=C(NCCC1CCCO1)NC1CC2CCC1C2. The second kappa shape index (κ2) is 5.74. The fourth-order valence-electron chi connectivity index (χ4n) is 3.86. The third-order valence-corrected chi connectivity index (χ3v) is 5.09. The molecule has 0 amide bonds. The van der Waals surface area contributed by atoms with Gasteiger partial charge in [-0.25, -0.2) is 0 Å². The van der Waals surface area contributed by atoms with Crippen molar-refractivity contribution >= 4 is 17.3 Å². The van der Waals surface area contributed by atoms with Crippen molar-refractivity contribution in [3.8, 4) is 0 Å². The summed E-state index contributed by atoms with van der Waals surface area (Å²) in [7, 11) is 0. The van der Waals surface area contributed by atoms with E-state index in [0.29, 0.717) is 12.1 Å². The minimum atomic E-state index is 0.461. The molecule has 3 rings (SSSR count). The topological polar surface area (TPSA) is 33.3 Å². The molecule has 4 heteroatoms. The average Bonchev–Trinajstić information content (AvgIpc) is 3.04. The van der Waals surface area contributed by atoms with Gasteiger partial charge in [0.05, 0.1) is 6.10 Å². The molecule has 4 unspecified atom stereocenters. The quantitative estimate of drug-likeness (QED) is 0.766. The summed E-state index contributed by atoms with van der Waals surface area (Å²) in [6.45, 7) is 1.88. The Morgan fingerprint density at radius 1 is 1.22 bits per heavy atom. The Morgan fingerprint density at radius 3 is 2.83 bits per heavy atom. The Morgan fingerprint density at radius 2 is 2.17 bits per heavy atom. The molecule has 3 fully saturated rings. The highest BCUT2D eigenvalue weighted by atomic mass is 32.1. The number of hydrogen-bond donors (Lipinski definition) is 2. The van der Waals surface area contributed by atoms with E-state index in [1.54, 1.807) is 0 Å². The predicted molar refractivity (Wildman–Crippen MR) is 76.6 cm³/mol. The normalized spacial score (nSPS) is 38.0. The molecule has 0 aromatic rings. The van der Waals surface area contributed by atoms with Gasteiger partial charge in [0, 0.05) is 19.2 Å². The Kier molecular flexibility index (Phi) is 4.04. The second-order valence-corrected chi connectivity index (χ2v) is 6.51. The summed E-state index contributed by atoms with van der Waals surface area (Å²) in [5.74, 6) is 1.86.